The molecule has 1 N–H and O–H groups in total. The fourth-order valence-corrected chi connectivity index (χ4v) is 3.59. The van der Waals surface area contributed by atoms with Crippen molar-refractivity contribution in [3.05, 3.63) is 65.2 Å². The second-order valence-corrected chi connectivity index (χ2v) is 7.06. The molecule has 0 spiro atoms. The van der Waals surface area contributed by atoms with Gasteiger partial charge in [0.25, 0.3) is 0 Å². The third-order valence-corrected chi connectivity index (χ3v) is 5.12. The number of nitrogens with one attached hydrogen (secondary N) is 1. The first-order valence-electron chi connectivity index (χ1n) is 9.35. The van der Waals surface area contributed by atoms with Crippen LogP contribution in [0.4, 0.5) is 0 Å². The van der Waals surface area contributed by atoms with Crippen LogP contribution in [-0.4, -0.2) is 38.1 Å². The van der Waals surface area contributed by atoms with Gasteiger partial charge >= 0.3 is 0 Å². The van der Waals surface area contributed by atoms with Crippen LogP contribution in [-0.2, 0) is 11.2 Å². The van der Waals surface area contributed by atoms with Gasteiger partial charge in [-0.05, 0) is 43.3 Å². The van der Waals surface area contributed by atoms with Gasteiger partial charge in [-0.1, -0.05) is 49.4 Å². The van der Waals surface area contributed by atoms with Crippen molar-refractivity contribution in [2.24, 2.45) is 0 Å². The summed E-state index contributed by atoms with van der Waals surface area (Å²) < 4.78 is 5.60. The van der Waals surface area contributed by atoms with Crippen molar-refractivity contribution < 1.29 is 9.53 Å². The van der Waals surface area contributed by atoms with Crippen molar-refractivity contribution >= 4 is 5.91 Å². The molecule has 0 saturated carbocycles. The van der Waals surface area contributed by atoms with Crippen LogP contribution in [0, 0.1) is 0 Å². The minimum Gasteiger partial charge on any atom is -0.493 e. The molecule has 0 saturated heterocycles. The van der Waals surface area contributed by atoms with Crippen LogP contribution >= 0.6 is 0 Å². The number of carbonyl (C=O) groups is 1. The Hall–Kier alpha value is -2.33. The number of likely N-dealkylation sites (N-methyl/N-ethyl adjacent to an activating group) is 1. The summed E-state index contributed by atoms with van der Waals surface area (Å²) in [6.07, 6.45) is 1.75. The first-order chi connectivity index (χ1) is 12.6. The second-order valence-electron chi connectivity index (χ2n) is 7.06. The van der Waals surface area contributed by atoms with Crippen LogP contribution in [0.25, 0.3) is 0 Å². The van der Waals surface area contributed by atoms with Crippen molar-refractivity contribution in [1.82, 2.24) is 10.2 Å². The van der Waals surface area contributed by atoms with Crippen molar-refractivity contribution in [2.75, 3.05) is 27.2 Å². The maximum atomic E-state index is 12.8. The molecule has 0 radical (unpaired) electrons. The minimum absolute atomic E-state index is 0.0926. The number of hydrogen-bond acceptors (Lipinski definition) is 3. The highest BCUT2D eigenvalue weighted by atomic mass is 16.5. The van der Waals surface area contributed by atoms with Gasteiger partial charge in [0.1, 0.15) is 5.75 Å². The Labute approximate surface area is 156 Å². The fourth-order valence-electron chi connectivity index (χ4n) is 3.59. The molecule has 2 aromatic rings. The maximum Gasteiger partial charge on any atom is 0.227 e. The Morgan fingerprint density at radius 1 is 1.15 bits per heavy atom. The van der Waals surface area contributed by atoms with Gasteiger partial charge in [-0.25, -0.2) is 0 Å². The van der Waals surface area contributed by atoms with Gasteiger partial charge in [-0.15, -0.1) is 0 Å². The molecular formula is C22H28N2O2. The molecule has 4 nitrogen and oxygen atoms in total. The van der Waals surface area contributed by atoms with Crippen molar-refractivity contribution in [3.8, 4) is 5.75 Å². The van der Waals surface area contributed by atoms with Gasteiger partial charge < -0.3 is 15.0 Å². The highest BCUT2D eigenvalue weighted by molar-refractivity contribution is 5.83. The molecule has 1 heterocycles. The summed E-state index contributed by atoms with van der Waals surface area (Å²) in [6.45, 7) is 3.41. The van der Waals surface area contributed by atoms with E-state index in [1.165, 1.54) is 11.1 Å². The summed E-state index contributed by atoms with van der Waals surface area (Å²) in [5, 5.41) is 3.17. The number of rotatable bonds is 7. The Balaban J connectivity index is 1.70. The summed E-state index contributed by atoms with van der Waals surface area (Å²) in [5.41, 5.74) is 3.55. The average molecular weight is 352 g/mol. The minimum atomic E-state index is -0.104. The Morgan fingerprint density at radius 3 is 2.62 bits per heavy atom. The fraction of sp³-hybridized carbons (Fsp3) is 0.409. The highest BCUT2D eigenvalue weighted by Gasteiger charge is 2.22. The predicted molar refractivity (Wildman–Crippen MR) is 105 cm³/mol. The molecule has 26 heavy (non-hydrogen) atoms. The van der Waals surface area contributed by atoms with E-state index in [4.69, 9.17) is 4.74 Å². The average Bonchev–Trinajstić information content (AvgIpc) is 3.11. The lowest BCUT2D eigenvalue weighted by Crippen LogP contribution is -2.37. The van der Waals surface area contributed by atoms with E-state index in [0.717, 1.165) is 30.8 Å². The van der Waals surface area contributed by atoms with Gasteiger partial charge in [0, 0.05) is 13.0 Å². The zero-order valence-electron chi connectivity index (χ0n) is 15.9. The van der Waals surface area contributed by atoms with Crippen LogP contribution in [0.1, 0.15) is 42.0 Å². The Morgan fingerprint density at radius 2 is 1.92 bits per heavy atom. The molecule has 138 valence electrons. The number of fused-ring (bicyclic) bond motifs is 1. The normalized spacial score (nSPS) is 15.2. The largest absolute Gasteiger partial charge is 0.493 e. The van der Waals surface area contributed by atoms with Crippen molar-refractivity contribution in [2.45, 2.75) is 31.7 Å². The van der Waals surface area contributed by atoms with E-state index < -0.39 is 0 Å². The van der Waals surface area contributed by atoms with E-state index in [9.17, 15) is 4.79 Å². The lowest BCUT2D eigenvalue weighted by Gasteiger charge is -2.26. The van der Waals surface area contributed by atoms with E-state index in [0.29, 0.717) is 6.54 Å². The topological polar surface area (TPSA) is 41.6 Å². The lowest BCUT2D eigenvalue weighted by molar-refractivity contribution is -0.122. The van der Waals surface area contributed by atoms with E-state index in [2.05, 4.69) is 49.4 Å². The summed E-state index contributed by atoms with van der Waals surface area (Å²) in [4.78, 5) is 14.9. The lowest BCUT2D eigenvalue weighted by atomic mass is 9.95. The van der Waals surface area contributed by atoms with E-state index in [1.54, 1.807) is 0 Å². The van der Waals surface area contributed by atoms with Crippen LogP contribution < -0.4 is 10.1 Å². The van der Waals surface area contributed by atoms with Gasteiger partial charge in [0.15, 0.2) is 0 Å². The van der Waals surface area contributed by atoms with Crippen LogP contribution in [0.3, 0.4) is 0 Å². The summed E-state index contributed by atoms with van der Waals surface area (Å²) in [5.74, 6) is 0.980. The molecule has 0 aromatic heterocycles. The highest BCUT2D eigenvalue weighted by Crippen LogP contribution is 2.29. The zero-order chi connectivity index (χ0) is 18.5. The van der Waals surface area contributed by atoms with Gasteiger partial charge in [0.2, 0.25) is 5.91 Å². The molecule has 1 aliphatic rings. The molecule has 0 fully saturated rings. The number of carbonyl (C=O) groups excluding carboxylic acids is 1. The third kappa shape index (κ3) is 4.07. The van der Waals surface area contributed by atoms with Crippen molar-refractivity contribution in [1.29, 1.82) is 0 Å². The van der Waals surface area contributed by atoms with Crippen LogP contribution in [0.2, 0.25) is 0 Å². The first-order valence-corrected chi connectivity index (χ1v) is 9.35. The number of nitrogens with zero attached hydrogens (tertiary/aromatic N) is 1. The molecule has 4 heteroatoms. The SMILES string of the molecule is CCC(C(=O)NCC(c1ccc2c(c1)CCO2)N(C)C)c1ccccc1. The van der Waals surface area contributed by atoms with Crippen molar-refractivity contribution in [3.63, 3.8) is 0 Å². The van der Waals surface area contributed by atoms with Crippen LogP contribution in [0.15, 0.2) is 48.5 Å². The Bertz CT molecular complexity index is 743. The van der Waals surface area contributed by atoms with Gasteiger partial charge in [-0.3, -0.25) is 4.79 Å². The van der Waals surface area contributed by atoms with Gasteiger partial charge in [0.05, 0.1) is 18.6 Å². The van der Waals surface area contributed by atoms with Gasteiger partial charge in [-0.2, -0.15) is 0 Å². The van der Waals surface area contributed by atoms with E-state index in [1.807, 2.05) is 30.3 Å². The summed E-state index contributed by atoms with van der Waals surface area (Å²) in [6, 6.07) is 16.5. The molecule has 2 unspecified atom stereocenters. The Kier molecular flexibility index (Phi) is 5.94. The molecule has 2 atom stereocenters. The quantitative estimate of drug-likeness (QED) is 0.829. The standard InChI is InChI=1S/C22H28N2O2/c1-4-19(16-8-6-5-7-9-16)22(25)23-15-20(24(2)3)17-10-11-21-18(14-17)12-13-26-21/h5-11,14,19-20H,4,12-13,15H2,1-3H3,(H,23,25). The number of amides is 1. The maximum absolute atomic E-state index is 12.8. The zero-order valence-corrected chi connectivity index (χ0v) is 15.9. The summed E-state index contributed by atoms with van der Waals surface area (Å²) >= 11 is 0. The molecule has 3 rings (SSSR count). The second kappa shape index (κ2) is 8.37. The number of benzene rings is 2. The molecule has 0 bridgehead atoms. The molecule has 1 amide bonds. The monoisotopic (exact) mass is 352 g/mol. The van der Waals surface area contributed by atoms with Crippen LogP contribution in [0.5, 0.6) is 5.75 Å². The van der Waals surface area contributed by atoms with E-state index in [-0.39, 0.29) is 17.9 Å². The van der Waals surface area contributed by atoms with E-state index >= 15 is 0 Å². The molecule has 2 aromatic carbocycles. The summed E-state index contributed by atoms with van der Waals surface area (Å²) in [7, 11) is 4.10. The molecular weight excluding hydrogens is 324 g/mol. The third-order valence-electron chi connectivity index (χ3n) is 5.12. The predicted octanol–water partition coefficient (Wildman–Crippen LogP) is 3.53. The smallest absolute Gasteiger partial charge is 0.227 e. The number of ether oxygens (including phenoxy) is 1. The molecule has 0 aliphatic carbocycles. The molecule has 1 aliphatic heterocycles. The first kappa shape index (κ1) is 18.5. The number of hydrogen-bond donors (Lipinski definition) is 1.